The maximum absolute atomic E-state index is 11.1. The molecule has 1 amide bonds. The summed E-state index contributed by atoms with van der Waals surface area (Å²) >= 11 is 3.52. The van der Waals surface area contributed by atoms with Crippen molar-refractivity contribution in [1.29, 1.82) is 0 Å². The molecule has 4 nitrogen and oxygen atoms in total. The number of carbonyl (C=O) groups is 1. The van der Waals surface area contributed by atoms with Gasteiger partial charge < -0.3 is 15.3 Å². The summed E-state index contributed by atoms with van der Waals surface area (Å²) in [5.74, 6) is 0.718. The molecule has 2 N–H and O–H groups in total. The Bertz CT molecular complexity index is 518. The molecule has 0 bridgehead atoms. The van der Waals surface area contributed by atoms with Gasteiger partial charge >= 0.3 is 6.09 Å². The largest absolute Gasteiger partial charge is 0.465 e. The minimum Gasteiger partial charge on any atom is -0.465 e. The summed E-state index contributed by atoms with van der Waals surface area (Å²) in [4.78, 5) is 12.6. The number of likely N-dealkylation sites (tertiary alicyclic amines) is 1. The van der Waals surface area contributed by atoms with Gasteiger partial charge in [-0.05, 0) is 30.2 Å². The van der Waals surface area contributed by atoms with Crippen LogP contribution in [0.5, 0.6) is 0 Å². The number of halogens is 1. The summed E-state index contributed by atoms with van der Waals surface area (Å²) in [5.41, 5.74) is 3.65. The van der Waals surface area contributed by atoms with Crippen molar-refractivity contribution in [1.82, 2.24) is 4.90 Å². The maximum Gasteiger partial charge on any atom is 0.407 e. The van der Waals surface area contributed by atoms with E-state index in [1.165, 1.54) is 21.7 Å². The zero-order chi connectivity index (χ0) is 12.9. The smallest absolute Gasteiger partial charge is 0.407 e. The zero-order valence-corrected chi connectivity index (χ0v) is 11.7. The van der Waals surface area contributed by atoms with Crippen LogP contribution in [-0.4, -0.2) is 35.7 Å². The molecule has 0 spiro atoms. The van der Waals surface area contributed by atoms with Crippen molar-refractivity contribution < 1.29 is 9.90 Å². The number of fused-ring (bicyclic) bond motifs is 3. The van der Waals surface area contributed by atoms with Crippen molar-refractivity contribution in [3.8, 4) is 0 Å². The SMILES string of the molecule is Cc1cc(Br)cc2c1NCC1CN(C(=O)O)CC21. The zero-order valence-electron chi connectivity index (χ0n) is 10.1. The Morgan fingerprint density at radius 1 is 1.50 bits per heavy atom. The Labute approximate surface area is 114 Å². The van der Waals surface area contributed by atoms with Gasteiger partial charge in [0.25, 0.3) is 0 Å². The third-order valence-electron chi connectivity index (χ3n) is 3.98. The summed E-state index contributed by atoms with van der Waals surface area (Å²) in [7, 11) is 0. The molecule has 2 atom stereocenters. The minimum atomic E-state index is -0.808. The van der Waals surface area contributed by atoms with Crippen molar-refractivity contribution in [3.63, 3.8) is 0 Å². The Balaban J connectivity index is 2.00. The number of nitrogens with zero attached hydrogens (tertiary/aromatic N) is 1. The monoisotopic (exact) mass is 310 g/mol. The Morgan fingerprint density at radius 3 is 3.00 bits per heavy atom. The van der Waals surface area contributed by atoms with E-state index in [1.54, 1.807) is 0 Å². The molecule has 1 aromatic carbocycles. The van der Waals surface area contributed by atoms with E-state index in [9.17, 15) is 4.79 Å². The molecule has 0 aromatic heterocycles. The van der Waals surface area contributed by atoms with E-state index in [4.69, 9.17) is 5.11 Å². The lowest BCUT2D eigenvalue weighted by atomic mass is 9.84. The number of nitrogens with one attached hydrogen (secondary N) is 1. The number of benzene rings is 1. The number of anilines is 1. The lowest BCUT2D eigenvalue weighted by molar-refractivity contribution is 0.154. The highest BCUT2D eigenvalue weighted by atomic mass is 79.9. The van der Waals surface area contributed by atoms with Crippen LogP contribution in [0.4, 0.5) is 10.5 Å². The molecule has 1 aromatic rings. The second-order valence-electron chi connectivity index (χ2n) is 5.12. The van der Waals surface area contributed by atoms with Crippen LogP contribution in [-0.2, 0) is 0 Å². The van der Waals surface area contributed by atoms with Gasteiger partial charge in [0.05, 0.1) is 0 Å². The lowest BCUT2D eigenvalue weighted by Gasteiger charge is -2.30. The second kappa shape index (κ2) is 4.16. The van der Waals surface area contributed by atoms with Gasteiger partial charge in [-0.2, -0.15) is 0 Å². The topological polar surface area (TPSA) is 52.6 Å². The number of hydrogen-bond donors (Lipinski definition) is 2. The molecular weight excluding hydrogens is 296 g/mol. The molecule has 0 radical (unpaired) electrons. The number of carboxylic acid groups (broad SMARTS) is 1. The number of rotatable bonds is 0. The minimum absolute atomic E-state index is 0.327. The third-order valence-corrected chi connectivity index (χ3v) is 4.44. The molecule has 2 heterocycles. The van der Waals surface area contributed by atoms with Gasteiger partial charge in [-0.1, -0.05) is 15.9 Å². The number of aryl methyl sites for hydroxylation is 1. The highest BCUT2D eigenvalue weighted by molar-refractivity contribution is 9.10. The molecule has 1 saturated heterocycles. The highest BCUT2D eigenvalue weighted by Gasteiger charge is 2.39. The van der Waals surface area contributed by atoms with E-state index < -0.39 is 6.09 Å². The molecule has 18 heavy (non-hydrogen) atoms. The quantitative estimate of drug-likeness (QED) is 0.774. The van der Waals surface area contributed by atoms with E-state index in [-0.39, 0.29) is 0 Å². The van der Waals surface area contributed by atoms with Crippen LogP contribution < -0.4 is 5.32 Å². The summed E-state index contributed by atoms with van der Waals surface area (Å²) in [6.45, 7) is 4.20. The Hall–Kier alpha value is -1.23. The molecule has 96 valence electrons. The molecule has 0 aliphatic carbocycles. The summed E-state index contributed by atoms with van der Waals surface area (Å²) < 4.78 is 1.06. The van der Waals surface area contributed by atoms with E-state index in [2.05, 4.69) is 40.3 Å². The second-order valence-corrected chi connectivity index (χ2v) is 6.04. The van der Waals surface area contributed by atoms with Gasteiger partial charge in [-0.25, -0.2) is 4.79 Å². The number of hydrogen-bond acceptors (Lipinski definition) is 2. The van der Waals surface area contributed by atoms with Crippen molar-refractivity contribution in [2.45, 2.75) is 12.8 Å². The maximum atomic E-state index is 11.1. The van der Waals surface area contributed by atoms with Crippen LogP contribution in [0.15, 0.2) is 16.6 Å². The first-order chi connectivity index (χ1) is 8.56. The van der Waals surface area contributed by atoms with Gasteiger partial charge in [0.15, 0.2) is 0 Å². The first-order valence-corrected chi connectivity index (χ1v) is 6.87. The Kier molecular flexibility index (Phi) is 2.73. The van der Waals surface area contributed by atoms with Crippen LogP contribution in [0.25, 0.3) is 0 Å². The predicted molar refractivity (Wildman–Crippen MR) is 73.2 cm³/mol. The van der Waals surface area contributed by atoms with Gasteiger partial charge in [0.1, 0.15) is 0 Å². The molecule has 5 heteroatoms. The van der Waals surface area contributed by atoms with Crippen LogP contribution in [0.3, 0.4) is 0 Å². The highest BCUT2D eigenvalue weighted by Crippen LogP contribution is 2.42. The van der Waals surface area contributed by atoms with E-state index in [0.717, 1.165) is 11.0 Å². The van der Waals surface area contributed by atoms with Crippen molar-refractivity contribution in [2.75, 3.05) is 25.0 Å². The van der Waals surface area contributed by atoms with Crippen LogP contribution in [0, 0.1) is 12.8 Å². The van der Waals surface area contributed by atoms with Gasteiger partial charge in [-0.15, -0.1) is 0 Å². The van der Waals surface area contributed by atoms with Crippen molar-refractivity contribution in [2.24, 2.45) is 5.92 Å². The molecular formula is C13H15BrN2O2. The first-order valence-electron chi connectivity index (χ1n) is 6.08. The Morgan fingerprint density at radius 2 is 2.28 bits per heavy atom. The van der Waals surface area contributed by atoms with E-state index in [0.29, 0.717) is 24.9 Å². The standard InChI is InChI=1S/C13H15BrN2O2/c1-7-2-9(14)3-10-11-6-16(13(17)18)5-8(11)4-15-12(7)10/h2-3,8,11,15H,4-6H2,1H3,(H,17,18). The summed E-state index contributed by atoms with van der Waals surface area (Å²) in [6, 6.07) is 4.22. The normalized spacial score (nSPS) is 25.3. The predicted octanol–water partition coefficient (Wildman–Crippen LogP) is 2.88. The number of amides is 1. The van der Waals surface area contributed by atoms with Crippen molar-refractivity contribution >= 4 is 27.7 Å². The van der Waals surface area contributed by atoms with Gasteiger partial charge in [0, 0.05) is 41.6 Å². The molecule has 0 saturated carbocycles. The third kappa shape index (κ3) is 1.77. The van der Waals surface area contributed by atoms with Crippen LogP contribution >= 0.6 is 15.9 Å². The average molecular weight is 311 g/mol. The fourth-order valence-corrected chi connectivity index (χ4v) is 3.71. The molecule has 2 aliphatic heterocycles. The first kappa shape index (κ1) is 11.8. The lowest BCUT2D eigenvalue weighted by Crippen LogP contribution is -2.28. The van der Waals surface area contributed by atoms with Crippen LogP contribution in [0.2, 0.25) is 0 Å². The van der Waals surface area contributed by atoms with Crippen molar-refractivity contribution in [3.05, 3.63) is 27.7 Å². The molecule has 3 rings (SSSR count). The molecule has 2 unspecified atom stereocenters. The van der Waals surface area contributed by atoms with Gasteiger partial charge in [-0.3, -0.25) is 0 Å². The summed E-state index contributed by atoms with van der Waals surface area (Å²) in [6.07, 6.45) is -0.808. The fourth-order valence-electron chi connectivity index (χ4n) is 3.12. The molecule has 1 fully saturated rings. The average Bonchev–Trinajstić information content (AvgIpc) is 2.72. The summed E-state index contributed by atoms with van der Waals surface area (Å²) in [5, 5.41) is 12.6. The van der Waals surface area contributed by atoms with E-state index in [1.807, 2.05) is 0 Å². The van der Waals surface area contributed by atoms with Gasteiger partial charge in [0.2, 0.25) is 0 Å². The molecule has 2 aliphatic rings. The van der Waals surface area contributed by atoms with Crippen LogP contribution in [0.1, 0.15) is 17.0 Å². The van der Waals surface area contributed by atoms with E-state index >= 15 is 0 Å². The fraction of sp³-hybridized carbons (Fsp3) is 0.462.